The number of nitrogens with zero attached hydrogens (tertiary/aromatic N) is 1. The molecule has 3 atom stereocenters. The Morgan fingerprint density at radius 3 is 2.79 bits per heavy atom. The summed E-state index contributed by atoms with van der Waals surface area (Å²) in [6.07, 6.45) is 1.01. The fraction of sp³-hybridized carbons (Fsp3) is 0.533. The van der Waals surface area contributed by atoms with Gasteiger partial charge in [-0.2, -0.15) is 0 Å². The smallest absolute Gasteiger partial charge is 0.226 e. The first-order valence-corrected chi connectivity index (χ1v) is 7.72. The molecule has 1 N–H and O–H groups in total. The van der Waals surface area contributed by atoms with E-state index >= 15 is 0 Å². The molecule has 0 bridgehead atoms. The molecule has 0 unspecified atom stereocenters. The molecule has 3 rings (SSSR count). The number of hydrogen-bond acceptors (Lipinski definition) is 2. The highest BCUT2D eigenvalue weighted by atomic mass is 79.9. The van der Waals surface area contributed by atoms with Gasteiger partial charge in [-0.1, -0.05) is 28.1 Å². The number of hydrogen-bond donors (Lipinski definition) is 1. The van der Waals surface area contributed by atoms with E-state index in [4.69, 9.17) is 0 Å². The molecule has 1 aliphatic heterocycles. The molecular weight excluding hydrogens is 304 g/mol. The summed E-state index contributed by atoms with van der Waals surface area (Å²) in [6, 6.07) is 8.79. The molecule has 1 amide bonds. The van der Waals surface area contributed by atoms with Gasteiger partial charge >= 0.3 is 0 Å². The fourth-order valence-electron chi connectivity index (χ4n) is 2.91. The van der Waals surface area contributed by atoms with Crippen molar-refractivity contribution >= 4 is 21.8 Å². The Hall–Kier alpha value is -0.870. The van der Waals surface area contributed by atoms with E-state index < -0.39 is 0 Å². The summed E-state index contributed by atoms with van der Waals surface area (Å²) in [5.74, 6) is 0.999. The van der Waals surface area contributed by atoms with E-state index in [1.54, 1.807) is 0 Å². The molecule has 1 aliphatic carbocycles. The second-order valence-electron chi connectivity index (χ2n) is 5.64. The molecule has 1 saturated carbocycles. The molecule has 1 aromatic carbocycles. The third-order valence-electron chi connectivity index (χ3n) is 4.09. The first-order chi connectivity index (χ1) is 9.15. The highest BCUT2D eigenvalue weighted by Crippen LogP contribution is 2.48. The van der Waals surface area contributed by atoms with E-state index in [-0.39, 0.29) is 5.92 Å². The number of nitrogens with one attached hydrogen (secondary N) is 1. The van der Waals surface area contributed by atoms with E-state index in [2.05, 4.69) is 52.4 Å². The van der Waals surface area contributed by atoms with Gasteiger partial charge in [0, 0.05) is 36.1 Å². The van der Waals surface area contributed by atoms with Gasteiger partial charge in [0.1, 0.15) is 0 Å². The normalized spacial score (nSPS) is 30.2. The van der Waals surface area contributed by atoms with Gasteiger partial charge in [0.25, 0.3) is 0 Å². The molecule has 2 fully saturated rings. The largest absolute Gasteiger partial charge is 0.340 e. The lowest BCUT2D eigenvalue weighted by atomic mass is 10.1. The highest BCUT2D eigenvalue weighted by Gasteiger charge is 2.46. The van der Waals surface area contributed by atoms with E-state index in [1.807, 2.05) is 4.90 Å². The topological polar surface area (TPSA) is 32.3 Å². The number of piperazine rings is 1. The van der Waals surface area contributed by atoms with Crippen molar-refractivity contribution in [1.82, 2.24) is 10.2 Å². The maximum Gasteiger partial charge on any atom is 0.226 e. The van der Waals surface area contributed by atoms with Crippen molar-refractivity contribution in [2.75, 3.05) is 19.6 Å². The number of benzene rings is 1. The predicted octanol–water partition coefficient (Wildman–Crippen LogP) is 2.37. The van der Waals surface area contributed by atoms with E-state index in [1.165, 1.54) is 5.56 Å². The first kappa shape index (κ1) is 13.1. The van der Waals surface area contributed by atoms with E-state index in [9.17, 15) is 4.79 Å². The molecule has 1 heterocycles. The number of rotatable bonds is 2. The molecule has 3 nitrogen and oxygen atoms in total. The van der Waals surface area contributed by atoms with Crippen LogP contribution in [0.15, 0.2) is 28.7 Å². The zero-order chi connectivity index (χ0) is 13.4. The second kappa shape index (κ2) is 5.25. The van der Waals surface area contributed by atoms with Crippen LogP contribution >= 0.6 is 15.9 Å². The molecular formula is C15H19BrN2O. The van der Waals surface area contributed by atoms with E-state index in [0.29, 0.717) is 17.9 Å². The standard InChI is InChI=1S/C15H19BrN2O/c1-10-9-18(7-6-17-10)15(19)14-8-13(14)11-2-4-12(16)5-3-11/h2-5,10,13-14,17H,6-9H2,1H3/t10-,13-,14+/m1/s1. The molecule has 102 valence electrons. The van der Waals surface area contributed by atoms with Crippen molar-refractivity contribution in [3.63, 3.8) is 0 Å². The minimum atomic E-state index is 0.214. The molecule has 1 aromatic rings. The van der Waals surface area contributed by atoms with Gasteiger partial charge < -0.3 is 10.2 Å². The monoisotopic (exact) mass is 322 g/mol. The third kappa shape index (κ3) is 2.84. The number of carbonyl (C=O) groups is 1. The quantitative estimate of drug-likeness (QED) is 0.906. The molecule has 0 aromatic heterocycles. The minimum absolute atomic E-state index is 0.214. The maximum absolute atomic E-state index is 12.4. The van der Waals surface area contributed by atoms with Crippen molar-refractivity contribution in [1.29, 1.82) is 0 Å². The summed E-state index contributed by atoms with van der Waals surface area (Å²) in [6.45, 7) is 4.76. The summed E-state index contributed by atoms with van der Waals surface area (Å²) in [5, 5.41) is 3.38. The van der Waals surface area contributed by atoms with Crippen LogP contribution in [0.5, 0.6) is 0 Å². The van der Waals surface area contributed by atoms with Crippen LogP contribution in [-0.2, 0) is 4.79 Å². The third-order valence-corrected chi connectivity index (χ3v) is 4.61. The summed E-state index contributed by atoms with van der Waals surface area (Å²) >= 11 is 3.45. The predicted molar refractivity (Wildman–Crippen MR) is 79.0 cm³/mol. The Kier molecular flexibility index (Phi) is 3.63. The van der Waals surface area contributed by atoms with Gasteiger partial charge in [0.15, 0.2) is 0 Å². The highest BCUT2D eigenvalue weighted by molar-refractivity contribution is 9.10. The fourth-order valence-corrected chi connectivity index (χ4v) is 3.18. The molecule has 1 saturated heterocycles. The van der Waals surface area contributed by atoms with Gasteiger partial charge in [-0.25, -0.2) is 0 Å². The Morgan fingerprint density at radius 2 is 2.11 bits per heavy atom. The van der Waals surface area contributed by atoms with Gasteiger partial charge in [-0.05, 0) is 37.0 Å². The zero-order valence-corrected chi connectivity index (χ0v) is 12.7. The van der Waals surface area contributed by atoms with Crippen molar-refractivity contribution in [3.05, 3.63) is 34.3 Å². The lowest BCUT2D eigenvalue weighted by Gasteiger charge is -2.32. The second-order valence-corrected chi connectivity index (χ2v) is 6.56. The molecule has 2 aliphatic rings. The summed E-state index contributed by atoms with van der Waals surface area (Å²) in [4.78, 5) is 14.5. The number of halogens is 1. The molecule has 0 spiro atoms. The Balaban J connectivity index is 1.62. The van der Waals surface area contributed by atoms with Crippen molar-refractivity contribution < 1.29 is 4.79 Å². The zero-order valence-electron chi connectivity index (χ0n) is 11.1. The van der Waals surface area contributed by atoms with Crippen LogP contribution in [0, 0.1) is 5.92 Å². The van der Waals surface area contributed by atoms with E-state index in [0.717, 1.165) is 30.5 Å². The lowest BCUT2D eigenvalue weighted by Crippen LogP contribution is -2.51. The summed E-state index contributed by atoms with van der Waals surface area (Å²) < 4.78 is 1.09. The SMILES string of the molecule is C[C@@H]1CN(C(=O)[C@H]2C[C@@H]2c2ccc(Br)cc2)CCN1. The first-order valence-electron chi connectivity index (χ1n) is 6.93. The van der Waals surface area contributed by atoms with Crippen LogP contribution in [0.1, 0.15) is 24.8 Å². The summed E-state index contributed by atoms with van der Waals surface area (Å²) in [5.41, 5.74) is 1.30. The Morgan fingerprint density at radius 1 is 1.37 bits per heavy atom. The van der Waals surface area contributed by atoms with Crippen molar-refractivity contribution in [2.45, 2.75) is 25.3 Å². The van der Waals surface area contributed by atoms with Crippen LogP contribution in [0.3, 0.4) is 0 Å². The Bertz CT molecular complexity index is 474. The van der Waals surface area contributed by atoms with Gasteiger partial charge in [-0.3, -0.25) is 4.79 Å². The minimum Gasteiger partial charge on any atom is -0.340 e. The van der Waals surface area contributed by atoms with Crippen molar-refractivity contribution in [2.24, 2.45) is 5.92 Å². The van der Waals surface area contributed by atoms with Crippen LogP contribution in [-0.4, -0.2) is 36.5 Å². The lowest BCUT2D eigenvalue weighted by molar-refractivity contribution is -0.133. The maximum atomic E-state index is 12.4. The Labute approximate surface area is 122 Å². The summed E-state index contributed by atoms with van der Waals surface area (Å²) in [7, 11) is 0. The molecule has 0 radical (unpaired) electrons. The van der Waals surface area contributed by atoms with Crippen LogP contribution in [0.2, 0.25) is 0 Å². The van der Waals surface area contributed by atoms with Gasteiger partial charge in [-0.15, -0.1) is 0 Å². The molecule has 19 heavy (non-hydrogen) atoms. The number of carbonyl (C=O) groups excluding carboxylic acids is 1. The van der Waals surface area contributed by atoms with Crippen LogP contribution in [0.25, 0.3) is 0 Å². The van der Waals surface area contributed by atoms with Gasteiger partial charge in [0.05, 0.1) is 0 Å². The number of amides is 1. The molecule has 4 heteroatoms. The average Bonchev–Trinajstić information content (AvgIpc) is 3.19. The van der Waals surface area contributed by atoms with Crippen LogP contribution < -0.4 is 5.32 Å². The van der Waals surface area contributed by atoms with Crippen molar-refractivity contribution in [3.8, 4) is 0 Å². The van der Waals surface area contributed by atoms with Gasteiger partial charge in [0.2, 0.25) is 5.91 Å². The van der Waals surface area contributed by atoms with Crippen LogP contribution in [0.4, 0.5) is 0 Å². The average molecular weight is 323 g/mol.